The van der Waals surface area contributed by atoms with Crippen LogP contribution in [-0.2, 0) is 16.2 Å². The third-order valence-corrected chi connectivity index (χ3v) is 22.1. The number of para-hydroxylation sites is 2. The van der Waals surface area contributed by atoms with E-state index in [0.717, 1.165) is 35.5 Å². The molecule has 8 aromatic carbocycles. The average Bonchev–Trinajstić information content (AvgIpc) is 3.89. The van der Waals surface area contributed by atoms with Gasteiger partial charge in [0.15, 0.2) is 0 Å². The van der Waals surface area contributed by atoms with Crippen LogP contribution in [0, 0.1) is 49.4 Å². The maximum atomic E-state index is 2.90. The van der Waals surface area contributed by atoms with E-state index in [-0.39, 0.29) is 12.3 Å². The molecule has 2 nitrogen and oxygen atoms in total. The number of nitrogens with zero attached hydrogens (tertiary/aromatic N) is 2. The Bertz CT molecular complexity index is 3780. The van der Waals surface area contributed by atoms with E-state index < -0.39 is 5.41 Å². The molecule has 11 aliphatic rings. The van der Waals surface area contributed by atoms with Crippen molar-refractivity contribution in [1.82, 2.24) is 4.48 Å². The van der Waals surface area contributed by atoms with Crippen LogP contribution in [0.4, 0.5) is 17.1 Å². The lowest BCUT2D eigenvalue weighted by Gasteiger charge is -2.57. The minimum Gasteiger partial charge on any atom is -0.375 e. The molecule has 0 atom stereocenters. The molecule has 9 aromatic rings. The van der Waals surface area contributed by atoms with Crippen molar-refractivity contribution in [2.24, 2.45) is 35.5 Å². The first-order chi connectivity index (χ1) is 36.3. The Morgan fingerprint density at radius 1 is 0.446 bits per heavy atom. The molecular formula is C71H63BN2. The predicted octanol–water partition coefficient (Wildman–Crippen LogP) is 16.1. The van der Waals surface area contributed by atoms with E-state index >= 15 is 0 Å². The van der Waals surface area contributed by atoms with Crippen LogP contribution >= 0.6 is 0 Å². The molecule has 8 aliphatic carbocycles. The molecule has 3 heteroatoms. The van der Waals surface area contributed by atoms with Crippen LogP contribution < -0.4 is 15.8 Å². The van der Waals surface area contributed by atoms with Crippen LogP contribution in [0.25, 0.3) is 44.1 Å². The minimum absolute atomic E-state index is 0.0176. The molecule has 8 saturated carbocycles. The predicted molar refractivity (Wildman–Crippen MR) is 306 cm³/mol. The van der Waals surface area contributed by atoms with Gasteiger partial charge in [-0.3, -0.25) is 0 Å². The van der Waals surface area contributed by atoms with Gasteiger partial charge in [0.1, 0.15) is 0 Å². The van der Waals surface area contributed by atoms with Crippen molar-refractivity contribution in [3.63, 3.8) is 0 Å². The fourth-order valence-electron chi connectivity index (χ4n) is 20.4. The smallest absolute Gasteiger partial charge is 0.333 e. The van der Waals surface area contributed by atoms with Crippen molar-refractivity contribution in [2.75, 3.05) is 4.90 Å². The molecule has 8 bridgehead atoms. The van der Waals surface area contributed by atoms with Crippen LogP contribution in [0.1, 0.15) is 122 Å². The van der Waals surface area contributed by atoms with Gasteiger partial charge in [-0.25, -0.2) is 0 Å². The number of aromatic nitrogens is 1. The van der Waals surface area contributed by atoms with Gasteiger partial charge in [0.2, 0.25) is 0 Å². The fraction of sp³-hybridized carbons (Fsp3) is 0.324. The summed E-state index contributed by atoms with van der Waals surface area (Å²) in [7, 11) is 0. The summed E-state index contributed by atoms with van der Waals surface area (Å²) in [6.45, 7) is 4.65. The number of fused-ring (bicyclic) bond motifs is 9. The second-order valence-electron chi connectivity index (χ2n) is 26.1. The van der Waals surface area contributed by atoms with Crippen LogP contribution in [-0.4, -0.2) is 11.3 Å². The standard InChI is InChI=1S/C71H63BN2/c1-42-13-11-14-43(2)65(42)50-31-56-58-35-54(70-39-47-28-48(40-70)30-49(29-47)41-70)34-57-55-33-53(69-36-44-25-45(37-69)27-46(26-44)38-69)23-24-62(55)74(67(57)58)72-61-21-12-20-60-68(61)73(64(32-50)66(56)72)63-22-10-9-19-59(63)71(60,51-15-5-3-6-16-51)52-17-7-4-8-18-52/h3-24,31-35,44-49H,25-30,36-41H2,1-2H3. The molecule has 74 heavy (non-hydrogen) atoms. The summed E-state index contributed by atoms with van der Waals surface area (Å²) in [5.74, 6) is 5.37. The maximum absolute atomic E-state index is 2.90. The van der Waals surface area contributed by atoms with E-state index in [1.165, 1.54) is 182 Å². The molecular weight excluding hydrogens is 892 g/mol. The molecule has 4 heterocycles. The summed E-state index contributed by atoms with van der Waals surface area (Å²) in [5.41, 5.74) is 26.6. The van der Waals surface area contributed by atoms with E-state index in [9.17, 15) is 0 Å². The Hall–Kier alpha value is -6.58. The summed E-state index contributed by atoms with van der Waals surface area (Å²) in [4.78, 5) is 2.75. The third kappa shape index (κ3) is 5.25. The molecule has 0 N–H and O–H groups in total. The second-order valence-corrected chi connectivity index (χ2v) is 26.1. The van der Waals surface area contributed by atoms with Crippen molar-refractivity contribution in [3.8, 4) is 22.3 Å². The molecule has 20 rings (SSSR count). The molecule has 0 radical (unpaired) electrons. The van der Waals surface area contributed by atoms with Gasteiger partial charge < -0.3 is 9.38 Å². The molecule has 3 aliphatic heterocycles. The lowest BCUT2D eigenvalue weighted by molar-refractivity contribution is -0.00527. The number of hydrogen-bond donors (Lipinski definition) is 0. The lowest BCUT2D eigenvalue weighted by Crippen LogP contribution is -2.58. The SMILES string of the molecule is Cc1cccc(C)c1-c1cc2c3c(c1)N1c4ccccc4C(c4ccccc4)(c4ccccc4)c4cccc(c41)B3n1c3ccc(C45CC6CC(CC(C6)C4)C5)cc3c3cc(C45CC6CC(CC(C6)C4)C5)cc-2c31. The number of rotatable bonds is 5. The maximum Gasteiger partial charge on any atom is 0.333 e. The van der Waals surface area contributed by atoms with Crippen molar-refractivity contribution in [2.45, 2.75) is 107 Å². The van der Waals surface area contributed by atoms with Crippen molar-refractivity contribution < 1.29 is 0 Å². The first-order valence-corrected chi connectivity index (χ1v) is 28.9. The molecule has 360 valence electrons. The molecule has 1 aromatic heterocycles. The Morgan fingerprint density at radius 3 is 1.64 bits per heavy atom. The van der Waals surface area contributed by atoms with Gasteiger partial charge in [0.05, 0.1) is 11.1 Å². The van der Waals surface area contributed by atoms with Gasteiger partial charge in [0, 0.05) is 38.7 Å². The largest absolute Gasteiger partial charge is 0.375 e. The highest BCUT2D eigenvalue weighted by molar-refractivity contribution is 6.90. The monoisotopic (exact) mass is 955 g/mol. The van der Waals surface area contributed by atoms with Crippen LogP contribution in [0.2, 0.25) is 0 Å². The zero-order valence-corrected chi connectivity index (χ0v) is 43.0. The van der Waals surface area contributed by atoms with Gasteiger partial charge in [-0.1, -0.05) is 121 Å². The summed E-state index contributed by atoms with van der Waals surface area (Å²) < 4.78 is 2.90. The summed E-state index contributed by atoms with van der Waals surface area (Å²) in [6.07, 6.45) is 17.1. The van der Waals surface area contributed by atoms with E-state index in [0.29, 0.717) is 5.41 Å². The van der Waals surface area contributed by atoms with Gasteiger partial charge in [0.25, 0.3) is 0 Å². The number of hydrogen-bond acceptors (Lipinski definition) is 1. The normalized spacial score (nSPS) is 28.5. The van der Waals surface area contributed by atoms with Gasteiger partial charge in [-0.2, -0.15) is 0 Å². The summed E-state index contributed by atoms with van der Waals surface area (Å²) in [5, 5.41) is 3.02. The Kier molecular flexibility index (Phi) is 8.13. The van der Waals surface area contributed by atoms with E-state index in [4.69, 9.17) is 0 Å². The molecule has 8 fully saturated rings. The third-order valence-electron chi connectivity index (χ3n) is 22.1. The van der Waals surface area contributed by atoms with E-state index in [2.05, 4.69) is 187 Å². The van der Waals surface area contributed by atoms with Crippen molar-refractivity contribution >= 4 is 56.6 Å². The van der Waals surface area contributed by atoms with Gasteiger partial charge >= 0.3 is 6.85 Å². The highest BCUT2D eigenvalue weighted by Crippen LogP contribution is 2.65. The van der Waals surface area contributed by atoms with Crippen LogP contribution in [0.5, 0.6) is 0 Å². The summed E-state index contributed by atoms with van der Waals surface area (Å²) >= 11 is 0. The second kappa shape index (κ2) is 14.4. The van der Waals surface area contributed by atoms with Crippen molar-refractivity contribution in [3.05, 3.63) is 208 Å². The zero-order chi connectivity index (χ0) is 48.4. The zero-order valence-electron chi connectivity index (χ0n) is 43.0. The molecule has 0 amide bonds. The average molecular weight is 955 g/mol. The number of benzene rings is 8. The number of anilines is 3. The lowest BCUT2D eigenvalue weighted by atomic mass is 9.43. The molecule has 0 unspecified atom stereocenters. The Labute approximate surface area is 437 Å². The first kappa shape index (κ1) is 41.7. The highest BCUT2D eigenvalue weighted by Gasteiger charge is 2.56. The molecule has 0 spiro atoms. The van der Waals surface area contributed by atoms with E-state index in [1.807, 2.05) is 0 Å². The first-order valence-electron chi connectivity index (χ1n) is 28.9. The highest BCUT2D eigenvalue weighted by atomic mass is 15.2. The van der Waals surface area contributed by atoms with Crippen LogP contribution in [0.15, 0.2) is 164 Å². The van der Waals surface area contributed by atoms with E-state index in [1.54, 1.807) is 11.1 Å². The topological polar surface area (TPSA) is 8.17 Å². The minimum atomic E-state index is -0.550. The fourth-order valence-corrected chi connectivity index (χ4v) is 20.4. The molecule has 0 saturated heterocycles. The van der Waals surface area contributed by atoms with Crippen molar-refractivity contribution in [1.29, 1.82) is 0 Å². The summed E-state index contributed by atoms with van der Waals surface area (Å²) in [6, 6.07) is 65.7. The van der Waals surface area contributed by atoms with Gasteiger partial charge in [-0.15, -0.1) is 0 Å². The Morgan fingerprint density at radius 2 is 1.00 bits per heavy atom. The van der Waals surface area contributed by atoms with Gasteiger partial charge in [-0.05, 0) is 252 Å². The number of aryl methyl sites for hydroxylation is 2. The quantitative estimate of drug-likeness (QED) is 0.156. The Balaban J connectivity index is 0.985. The van der Waals surface area contributed by atoms with Crippen LogP contribution in [0.3, 0.4) is 0 Å².